The van der Waals surface area contributed by atoms with Crippen LogP contribution in [-0.4, -0.2) is 35.2 Å². The van der Waals surface area contributed by atoms with Crippen LogP contribution in [-0.2, 0) is 4.79 Å². The van der Waals surface area contributed by atoms with Crippen molar-refractivity contribution in [3.63, 3.8) is 0 Å². The van der Waals surface area contributed by atoms with Crippen LogP contribution in [0.2, 0.25) is 0 Å². The molecule has 5 nitrogen and oxygen atoms in total. The van der Waals surface area contributed by atoms with Gasteiger partial charge in [0.15, 0.2) is 0 Å². The maximum Gasteiger partial charge on any atom is 0.335 e. The first-order valence-electron chi connectivity index (χ1n) is 18.7. The molecule has 0 radical (unpaired) electrons. The van der Waals surface area contributed by atoms with E-state index in [1.807, 2.05) is 19.1 Å². The topological polar surface area (TPSA) is 86.6 Å². The summed E-state index contributed by atoms with van der Waals surface area (Å²) in [5.41, 5.74) is 4.26. The lowest BCUT2D eigenvalue weighted by Gasteiger charge is -2.72. The number of nitrogens with one attached hydrogen (secondary N) is 1. The zero-order chi connectivity index (χ0) is 38.8. The molecular weight excluding hydrogens is 631 g/mol. The third-order valence-corrected chi connectivity index (χ3v) is 14.6. The van der Waals surface area contributed by atoms with Gasteiger partial charge in [-0.1, -0.05) is 65.3 Å². The van der Waals surface area contributed by atoms with E-state index in [1.54, 1.807) is 18.2 Å². The minimum Gasteiger partial charge on any atom is -0.481 e. The van der Waals surface area contributed by atoms with Crippen molar-refractivity contribution in [3.8, 4) is 38.5 Å². The Kier molecular flexibility index (Phi) is 15.1. The molecule has 6 rings (SSSR count). The van der Waals surface area contributed by atoms with Gasteiger partial charge in [0, 0.05) is 13.1 Å². The smallest absolute Gasteiger partial charge is 0.335 e. The summed E-state index contributed by atoms with van der Waals surface area (Å²) in [6, 6.07) is 7.56. The number of hydrogen-bond donors (Lipinski definition) is 3. The molecule has 0 amide bonds. The predicted molar refractivity (Wildman–Crippen MR) is 213 cm³/mol. The summed E-state index contributed by atoms with van der Waals surface area (Å²) >= 11 is 0. The maximum absolute atomic E-state index is 11.5. The minimum absolute atomic E-state index is 0.0333. The first-order chi connectivity index (χ1) is 24.2. The van der Waals surface area contributed by atoms with Crippen LogP contribution in [0, 0.1) is 89.3 Å². The summed E-state index contributed by atoms with van der Waals surface area (Å²) < 4.78 is 0. The van der Waals surface area contributed by atoms with Crippen molar-refractivity contribution in [2.45, 2.75) is 112 Å². The zero-order valence-electron chi connectivity index (χ0n) is 32.3. The average molecular weight is 696 g/mol. The van der Waals surface area contributed by atoms with Crippen LogP contribution in [0.5, 0.6) is 0 Å². The van der Waals surface area contributed by atoms with Crippen LogP contribution < -0.4 is 5.32 Å². The molecule has 3 unspecified atom stereocenters. The number of aliphatic carboxylic acids is 1. The van der Waals surface area contributed by atoms with Crippen LogP contribution in [0.25, 0.3) is 5.57 Å². The minimum atomic E-state index is -0.867. The van der Waals surface area contributed by atoms with E-state index < -0.39 is 11.9 Å². The Morgan fingerprint density at radius 1 is 0.824 bits per heavy atom. The first kappa shape index (κ1) is 43.4. The molecule has 4 saturated carbocycles. The van der Waals surface area contributed by atoms with Gasteiger partial charge in [-0.25, -0.2) is 4.79 Å². The lowest BCUT2D eigenvalue weighted by molar-refractivity contribution is -0.222. The van der Waals surface area contributed by atoms with E-state index in [-0.39, 0.29) is 17.3 Å². The van der Waals surface area contributed by atoms with Gasteiger partial charge in [-0.15, -0.1) is 45.1 Å². The van der Waals surface area contributed by atoms with E-state index in [0.717, 1.165) is 24.8 Å². The molecule has 51 heavy (non-hydrogen) atoms. The lowest BCUT2D eigenvalue weighted by Crippen LogP contribution is -2.65. The normalized spacial score (nSPS) is 34.9. The Balaban J connectivity index is 0.000000923. The number of allylic oxidation sites excluding steroid dienone is 3. The number of carbonyl (C=O) groups is 2. The van der Waals surface area contributed by atoms with Gasteiger partial charge in [-0.2, -0.15) is 0 Å². The molecule has 4 fully saturated rings. The van der Waals surface area contributed by atoms with Crippen LogP contribution in [0.3, 0.4) is 0 Å². The molecule has 0 saturated heterocycles. The lowest BCUT2D eigenvalue weighted by atomic mass is 9.32. The Morgan fingerprint density at radius 2 is 1.43 bits per heavy atom. The first-order valence-corrected chi connectivity index (χ1v) is 18.7. The summed E-state index contributed by atoms with van der Waals surface area (Å²) in [5, 5.41) is 22.1. The van der Waals surface area contributed by atoms with Crippen molar-refractivity contribution in [1.29, 1.82) is 0 Å². The van der Waals surface area contributed by atoms with Crippen molar-refractivity contribution in [2.75, 3.05) is 13.1 Å². The molecule has 8 atom stereocenters. The second-order valence-electron chi connectivity index (χ2n) is 16.7. The number of carboxylic acid groups (broad SMARTS) is 2. The highest BCUT2D eigenvalue weighted by Gasteiger charge is 2.69. The third-order valence-electron chi connectivity index (χ3n) is 14.6. The van der Waals surface area contributed by atoms with Crippen LogP contribution >= 0.6 is 0 Å². The summed E-state index contributed by atoms with van der Waals surface area (Å²) in [6.45, 7) is 19.7. The van der Waals surface area contributed by atoms with Crippen LogP contribution in [0.15, 0.2) is 43.0 Å². The largest absolute Gasteiger partial charge is 0.481 e. The standard InChI is InChI=1S/C37H53NO4.C3H6.3C2H2/c1-33(2)26(24-8-10-25(11-9-24)32(41)42)14-18-34(3)29(33)15-19-36(5)30(34)13-12-27-28-7-6-17-37(28,21-20-35(27,36)4)23-38-22-16-31(39)40;1-3-2;3*1-2/h8-11,14,27-30,38H,6-7,12-13,15-23H2,1-5H3,(H,39,40)(H,41,42);3H,1H2,2H3;3*1-2H/t27-,28?,29?,30?,34+,35-,36-,37-;;;;/m1..../s1. The van der Waals surface area contributed by atoms with Crippen molar-refractivity contribution in [1.82, 2.24) is 5.32 Å². The van der Waals surface area contributed by atoms with Crippen molar-refractivity contribution < 1.29 is 19.8 Å². The number of terminal acetylenes is 3. The van der Waals surface area contributed by atoms with Gasteiger partial charge < -0.3 is 15.5 Å². The highest BCUT2D eigenvalue weighted by atomic mass is 16.4. The highest BCUT2D eigenvalue weighted by Crippen LogP contribution is 2.77. The number of aromatic carboxylic acids is 1. The van der Waals surface area contributed by atoms with Gasteiger partial charge in [-0.05, 0) is 139 Å². The molecule has 0 bridgehead atoms. The quantitative estimate of drug-likeness (QED) is 0.150. The van der Waals surface area contributed by atoms with Crippen LogP contribution in [0.4, 0.5) is 0 Å². The van der Waals surface area contributed by atoms with Crippen LogP contribution in [0.1, 0.15) is 128 Å². The number of fused-ring (bicyclic) bond motifs is 7. The molecule has 5 aliphatic rings. The average Bonchev–Trinajstić information content (AvgIpc) is 3.54. The van der Waals surface area contributed by atoms with E-state index in [4.69, 9.17) is 5.11 Å². The second-order valence-corrected chi connectivity index (χ2v) is 16.7. The number of rotatable bonds is 7. The molecule has 5 aliphatic carbocycles. The molecule has 278 valence electrons. The Morgan fingerprint density at radius 3 is 2.00 bits per heavy atom. The van der Waals surface area contributed by atoms with Gasteiger partial charge in [0.25, 0.3) is 0 Å². The van der Waals surface area contributed by atoms with Crippen molar-refractivity contribution in [2.24, 2.45) is 50.7 Å². The molecule has 5 heteroatoms. The third kappa shape index (κ3) is 7.74. The molecule has 1 aromatic rings. The van der Waals surface area contributed by atoms with E-state index in [9.17, 15) is 14.7 Å². The van der Waals surface area contributed by atoms with E-state index >= 15 is 0 Å². The van der Waals surface area contributed by atoms with Gasteiger partial charge in [0.2, 0.25) is 0 Å². The van der Waals surface area contributed by atoms with E-state index in [0.29, 0.717) is 40.2 Å². The number of benzene rings is 1. The molecule has 0 aliphatic heterocycles. The summed E-state index contributed by atoms with van der Waals surface area (Å²) in [6.07, 6.45) is 41.4. The fourth-order valence-electron chi connectivity index (χ4n) is 12.4. The number of hydrogen-bond acceptors (Lipinski definition) is 3. The molecule has 3 N–H and O–H groups in total. The second kappa shape index (κ2) is 17.7. The van der Waals surface area contributed by atoms with Gasteiger partial charge in [0.1, 0.15) is 0 Å². The highest BCUT2D eigenvalue weighted by molar-refractivity contribution is 5.88. The molecular formula is C46H65NO4. The monoisotopic (exact) mass is 695 g/mol. The molecule has 0 aromatic heterocycles. The Labute approximate surface area is 310 Å². The van der Waals surface area contributed by atoms with Gasteiger partial charge >= 0.3 is 11.9 Å². The number of carboxylic acids is 2. The molecule has 0 heterocycles. The fraction of sp³-hybridized carbons (Fsp3) is 0.609. The maximum atomic E-state index is 11.5. The van der Waals surface area contributed by atoms with E-state index in [1.165, 1.54) is 68.9 Å². The zero-order valence-corrected chi connectivity index (χ0v) is 32.3. The fourth-order valence-corrected chi connectivity index (χ4v) is 12.4. The molecule has 0 spiro atoms. The van der Waals surface area contributed by atoms with Gasteiger partial charge in [0.05, 0.1) is 12.0 Å². The SMILES string of the molecule is C#C.C#C.C#C.C=CC.CC1(C)C(c2ccc(C(=O)O)cc2)=CC[C@@]2(C)C1CC[C@]1(C)C2CC[C@@H]2C3CCC[C@]3(CNCCC(=O)O)CC[C@]21C. The van der Waals surface area contributed by atoms with Gasteiger partial charge in [-0.3, -0.25) is 4.79 Å². The molecule has 1 aromatic carbocycles. The summed E-state index contributed by atoms with van der Waals surface area (Å²) in [7, 11) is 0. The Hall–Kier alpha value is -3.72. The summed E-state index contributed by atoms with van der Waals surface area (Å²) in [4.78, 5) is 22.6. The Bertz CT molecular complexity index is 1430. The predicted octanol–water partition coefficient (Wildman–Crippen LogP) is 10.2. The van der Waals surface area contributed by atoms with E-state index in [2.05, 4.69) is 91.1 Å². The van der Waals surface area contributed by atoms with Crippen molar-refractivity contribution >= 4 is 17.5 Å². The summed E-state index contributed by atoms with van der Waals surface area (Å²) in [5.74, 6) is 1.27. The van der Waals surface area contributed by atoms with Crippen molar-refractivity contribution in [3.05, 3.63) is 54.1 Å².